The summed E-state index contributed by atoms with van der Waals surface area (Å²) in [6, 6.07) is 21.4. The average Bonchev–Trinajstić information content (AvgIpc) is 3.60. The molecule has 0 N–H and O–H groups in total. The van der Waals surface area contributed by atoms with E-state index in [9.17, 15) is 4.79 Å². The number of fused-ring (bicyclic) bond motifs is 7. The van der Waals surface area contributed by atoms with Gasteiger partial charge in [0.2, 0.25) is 0 Å². The smallest absolute Gasteiger partial charge is 0.298 e. The minimum Gasteiger partial charge on any atom is -0.475 e. The first kappa shape index (κ1) is 19.0. The minimum atomic E-state index is -0.167. The zero-order chi connectivity index (χ0) is 23.1. The fourth-order valence-corrected chi connectivity index (χ4v) is 6.03. The SMILES string of the molecule is O=c1c2c(c3cc(C4=CC=CCC4)cc4c5cc(-c6ccccc6)ccc5n1c34)C1=CC=CC1O2. The van der Waals surface area contributed by atoms with Crippen LogP contribution in [-0.2, 0) is 0 Å². The Labute approximate surface area is 201 Å². The lowest BCUT2D eigenvalue weighted by molar-refractivity contribution is 0.320. The zero-order valence-corrected chi connectivity index (χ0v) is 19.0. The summed E-state index contributed by atoms with van der Waals surface area (Å²) in [5, 5.41) is 3.31. The highest BCUT2D eigenvalue weighted by molar-refractivity contribution is 6.18. The van der Waals surface area contributed by atoms with Gasteiger partial charge in [0.25, 0.3) is 5.56 Å². The van der Waals surface area contributed by atoms with Crippen molar-refractivity contribution in [1.29, 1.82) is 0 Å². The molecule has 5 aromatic rings. The van der Waals surface area contributed by atoms with Gasteiger partial charge in [-0.25, -0.2) is 0 Å². The number of benzene rings is 3. The van der Waals surface area contributed by atoms with Crippen LogP contribution < -0.4 is 10.3 Å². The Morgan fingerprint density at radius 2 is 1.69 bits per heavy atom. The van der Waals surface area contributed by atoms with Crippen LogP contribution in [-0.4, -0.2) is 10.5 Å². The Morgan fingerprint density at radius 3 is 2.54 bits per heavy atom. The largest absolute Gasteiger partial charge is 0.475 e. The van der Waals surface area contributed by atoms with Crippen molar-refractivity contribution in [2.45, 2.75) is 18.9 Å². The molecule has 3 heteroatoms. The van der Waals surface area contributed by atoms with Gasteiger partial charge in [0.15, 0.2) is 5.75 Å². The van der Waals surface area contributed by atoms with Crippen molar-refractivity contribution in [1.82, 2.24) is 4.40 Å². The van der Waals surface area contributed by atoms with E-state index in [1.807, 2.05) is 22.6 Å². The van der Waals surface area contributed by atoms with E-state index >= 15 is 0 Å². The fraction of sp³-hybridized carbons (Fsp3) is 0.0938. The minimum absolute atomic E-state index is 0.0729. The van der Waals surface area contributed by atoms with Crippen LogP contribution >= 0.6 is 0 Å². The molecular weight excluding hydrogens is 430 g/mol. The van der Waals surface area contributed by atoms with Gasteiger partial charge in [0, 0.05) is 27.3 Å². The third-order valence-electron chi connectivity index (χ3n) is 7.65. The predicted octanol–water partition coefficient (Wildman–Crippen LogP) is 7.16. The molecule has 3 aliphatic rings. The number of allylic oxidation sites excluding steroid dienone is 6. The van der Waals surface area contributed by atoms with Gasteiger partial charge < -0.3 is 4.74 Å². The molecule has 0 amide bonds. The maximum atomic E-state index is 13.8. The predicted molar refractivity (Wildman–Crippen MR) is 143 cm³/mol. The van der Waals surface area contributed by atoms with Crippen LogP contribution in [0, 0.1) is 0 Å². The molecule has 3 nitrogen and oxygen atoms in total. The second-order valence-corrected chi connectivity index (χ2v) is 9.57. The average molecular weight is 452 g/mol. The maximum absolute atomic E-state index is 13.8. The van der Waals surface area contributed by atoms with Crippen LogP contribution in [0.4, 0.5) is 0 Å². The lowest BCUT2D eigenvalue weighted by atomic mass is 9.92. The molecule has 166 valence electrons. The molecule has 3 heterocycles. The van der Waals surface area contributed by atoms with Gasteiger partial charge in [-0.05, 0) is 65.4 Å². The molecule has 2 aliphatic carbocycles. The molecule has 0 saturated heterocycles. The molecule has 0 saturated carbocycles. The molecule has 0 radical (unpaired) electrons. The topological polar surface area (TPSA) is 30.7 Å². The summed E-state index contributed by atoms with van der Waals surface area (Å²) in [5.74, 6) is 0.471. The molecule has 0 fully saturated rings. The van der Waals surface area contributed by atoms with Gasteiger partial charge >= 0.3 is 0 Å². The van der Waals surface area contributed by atoms with Crippen LogP contribution in [0.25, 0.3) is 49.5 Å². The summed E-state index contributed by atoms with van der Waals surface area (Å²) in [5.41, 5.74) is 8.76. The van der Waals surface area contributed by atoms with Crippen molar-refractivity contribution < 1.29 is 4.74 Å². The van der Waals surface area contributed by atoms with Crippen molar-refractivity contribution in [2.24, 2.45) is 0 Å². The van der Waals surface area contributed by atoms with Crippen LogP contribution in [0.1, 0.15) is 24.0 Å². The normalized spacial score (nSPS) is 18.2. The molecule has 1 unspecified atom stereocenters. The van der Waals surface area contributed by atoms with Crippen molar-refractivity contribution in [3.63, 3.8) is 0 Å². The standard InChI is InChI=1S/C32H21NO2/c34-32-31-29(23-12-7-13-28(23)35-31)26-18-22(20-10-5-2-6-11-20)17-25-24-16-21(19-8-3-1-4-9-19)14-15-27(24)33(32)30(25)26/h1-5,7-10,12-18,28H,6,11H2. The monoisotopic (exact) mass is 451 g/mol. The van der Waals surface area contributed by atoms with Crippen LogP contribution in [0.15, 0.2) is 102 Å². The number of pyridine rings is 1. The molecule has 0 spiro atoms. The van der Waals surface area contributed by atoms with Gasteiger partial charge in [-0.3, -0.25) is 9.20 Å². The Kier molecular flexibility index (Phi) is 3.71. The molecule has 8 rings (SSSR count). The van der Waals surface area contributed by atoms with Gasteiger partial charge in [-0.2, -0.15) is 0 Å². The number of hydrogen-bond acceptors (Lipinski definition) is 2. The zero-order valence-electron chi connectivity index (χ0n) is 19.0. The first-order chi connectivity index (χ1) is 17.3. The Hall–Kier alpha value is -4.37. The molecular formula is C32H21NO2. The van der Waals surface area contributed by atoms with E-state index in [1.165, 1.54) is 16.7 Å². The van der Waals surface area contributed by atoms with Crippen LogP contribution in [0.2, 0.25) is 0 Å². The number of nitrogens with zero attached hydrogens (tertiary/aromatic N) is 1. The van der Waals surface area contributed by atoms with E-state index < -0.39 is 0 Å². The summed E-state index contributed by atoms with van der Waals surface area (Å²) < 4.78 is 8.09. The van der Waals surface area contributed by atoms with Gasteiger partial charge in [0.1, 0.15) is 6.10 Å². The quantitative estimate of drug-likeness (QED) is 0.285. The van der Waals surface area contributed by atoms with Crippen LogP contribution in [0.3, 0.4) is 0 Å². The molecule has 35 heavy (non-hydrogen) atoms. The summed E-state index contributed by atoms with van der Waals surface area (Å²) in [7, 11) is 0. The van der Waals surface area contributed by atoms with E-state index in [-0.39, 0.29) is 11.7 Å². The fourth-order valence-electron chi connectivity index (χ4n) is 6.03. The third kappa shape index (κ3) is 2.53. The first-order valence-electron chi connectivity index (χ1n) is 12.2. The highest BCUT2D eigenvalue weighted by Gasteiger charge is 2.35. The van der Waals surface area contributed by atoms with E-state index in [1.54, 1.807) is 0 Å². The number of hydrogen-bond donors (Lipinski definition) is 0. The summed E-state index contributed by atoms with van der Waals surface area (Å²) in [6.07, 6.45) is 14.6. The highest BCUT2D eigenvalue weighted by Crippen LogP contribution is 2.46. The van der Waals surface area contributed by atoms with Gasteiger partial charge in [0.05, 0.1) is 11.0 Å². The van der Waals surface area contributed by atoms with E-state index in [2.05, 4.69) is 78.9 Å². The van der Waals surface area contributed by atoms with Crippen molar-refractivity contribution in [2.75, 3.05) is 0 Å². The number of rotatable bonds is 2. The second-order valence-electron chi connectivity index (χ2n) is 9.57. The van der Waals surface area contributed by atoms with E-state index in [4.69, 9.17) is 4.74 Å². The molecule has 2 aromatic heterocycles. The summed E-state index contributed by atoms with van der Waals surface area (Å²) in [4.78, 5) is 13.8. The highest BCUT2D eigenvalue weighted by atomic mass is 16.5. The van der Waals surface area contributed by atoms with Gasteiger partial charge in [-0.1, -0.05) is 66.8 Å². The summed E-state index contributed by atoms with van der Waals surface area (Å²) >= 11 is 0. The Balaban J connectivity index is 1.54. The van der Waals surface area contributed by atoms with Crippen molar-refractivity contribution >= 4 is 38.3 Å². The van der Waals surface area contributed by atoms with E-state index in [0.29, 0.717) is 5.75 Å². The van der Waals surface area contributed by atoms with E-state index in [0.717, 1.165) is 56.7 Å². The molecule has 1 atom stereocenters. The van der Waals surface area contributed by atoms with Crippen LogP contribution in [0.5, 0.6) is 5.75 Å². The molecule has 3 aromatic carbocycles. The van der Waals surface area contributed by atoms with Crippen molar-refractivity contribution in [3.8, 4) is 16.9 Å². The third-order valence-corrected chi connectivity index (χ3v) is 7.65. The maximum Gasteiger partial charge on any atom is 0.298 e. The summed E-state index contributed by atoms with van der Waals surface area (Å²) in [6.45, 7) is 0. The van der Waals surface area contributed by atoms with Crippen molar-refractivity contribution in [3.05, 3.63) is 119 Å². The lowest BCUT2D eigenvalue weighted by Gasteiger charge is -2.13. The first-order valence-corrected chi connectivity index (χ1v) is 12.2. The second kappa shape index (κ2) is 6.83. The number of ether oxygens (including phenoxy) is 1. The Bertz CT molecular complexity index is 1880. The molecule has 1 aliphatic heterocycles. The molecule has 0 bridgehead atoms. The number of aromatic nitrogens is 1. The lowest BCUT2D eigenvalue weighted by Crippen LogP contribution is -2.16. The Morgan fingerprint density at radius 1 is 0.829 bits per heavy atom. The van der Waals surface area contributed by atoms with Gasteiger partial charge in [-0.15, -0.1) is 0 Å².